The number of morpholine rings is 1. The molecule has 1 saturated heterocycles. The third-order valence-electron chi connectivity index (χ3n) is 3.97. The minimum atomic E-state index is 0.474. The molecule has 1 aromatic heterocycles. The summed E-state index contributed by atoms with van der Waals surface area (Å²) >= 11 is 0. The minimum absolute atomic E-state index is 0.474. The van der Waals surface area contributed by atoms with E-state index in [9.17, 15) is 0 Å². The summed E-state index contributed by atoms with van der Waals surface area (Å²) in [6, 6.07) is 3.07. The summed E-state index contributed by atoms with van der Waals surface area (Å²) in [6.45, 7) is 12.4. The highest BCUT2D eigenvalue weighted by molar-refractivity contribution is 4.99. The average molecular weight is 280 g/mol. The Bertz CT molecular complexity index is 387. The third kappa shape index (κ3) is 4.58. The molecular formula is C15H28N4O. The van der Waals surface area contributed by atoms with E-state index in [2.05, 4.69) is 53.0 Å². The van der Waals surface area contributed by atoms with Crippen molar-refractivity contribution in [3.63, 3.8) is 0 Å². The van der Waals surface area contributed by atoms with Gasteiger partial charge in [0.15, 0.2) is 0 Å². The fourth-order valence-electron chi connectivity index (χ4n) is 2.42. The first kappa shape index (κ1) is 15.5. The molecule has 5 nitrogen and oxygen atoms in total. The van der Waals surface area contributed by atoms with Crippen molar-refractivity contribution in [1.29, 1.82) is 0 Å². The van der Waals surface area contributed by atoms with Crippen LogP contribution in [0, 0.1) is 0 Å². The molecule has 0 aliphatic carbocycles. The summed E-state index contributed by atoms with van der Waals surface area (Å²) in [5, 5.41) is 8.18. The Labute approximate surface area is 122 Å². The third-order valence-corrected chi connectivity index (χ3v) is 3.97. The summed E-state index contributed by atoms with van der Waals surface area (Å²) < 4.78 is 7.43. The van der Waals surface area contributed by atoms with E-state index in [0.717, 1.165) is 51.5 Å². The zero-order valence-corrected chi connectivity index (χ0v) is 13.0. The van der Waals surface area contributed by atoms with Crippen molar-refractivity contribution < 1.29 is 4.74 Å². The number of aromatic nitrogens is 2. The van der Waals surface area contributed by atoms with Gasteiger partial charge in [0.25, 0.3) is 0 Å². The lowest BCUT2D eigenvalue weighted by Gasteiger charge is -2.29. The monoisotopic (exact) mass is 280 g/mol. The Kier molecular flexibility index (Phi) is 6.01. The van der Waals surface area contributed by atoms with Gasteiger partial charge in [-0.1, -0.05) is 6.92 Å². The van der Waals surface area contributed by atoms with Crippen LogP contribution in [0.25, 0.3) is 0 Å². The first-order chi connectivity index (χ1) is 9.69. The van der Waals surface area contributed by atoms with Crippen LogP contribution in [0.2, 0.25) is 0 Å². The second-order valence-electron chi connectivity index (χ2n) is 5.74. The predicted octanol–water partition coefficient (Wildman–Crippen LogP) is 1.66. The molecule has 2 atom stereocenters. The fraction of sp³-hybridized carbons (Fsp3) is 0.800. The van der Waals surface area contributed by atoms with Gasteiger partial charge in [-0.05, 0) is 26.3 Å². The van der Waals surface area contributed by atoms with Crippen LogP contribution in [0.5, 0.6) is 0 Å². The molecule has 114 valence electrons. The van der Waals surface area contributed by atoms with Crippen LogP contribution in [0.3, 0.4) is 0 Å². The second-order valence-corrected chi connectivity index (χ2v) is 5.74. The van der Waals surface area contributed by atoms with Gasteiger partial charge in [-0.2, -0.15) is 5.10 Å². The molecule has 20 heavy (non-hydrogen) atoms. The Morgan fingerprint density at radius 2 is 2.10 bits per heavy atom. The first-order valence-corrected chi connectivity index (χ1v) is 7.76. The van der Waals surface area contributed by atoms with Gasteiger partial charge in [0, 0.05) is 44.5 Å². The smallest absolute Gasteiger partial charge is 0.0762 e. The highest BCUT2D eigenvalue weighted by atomic mass is 16.5. The zero-order chi connectivity index (χ0) is 14.4. The highest BCUT2D eigenvalue weighted by Crippen LogP contribution is 2.09. The van der Waals surface area contributed by atoms with Crippen molar-refractivity contribution in [2.24, 2.45) is 0 Å². The molecule has 1 N–H and O–H groups in total. The van der Waals surface area contributed by atoms with Gasteiger partial charge in [-0.3, -0.25) is 9.58 Å². The zero-order valence-electron chi connectivity index (χ0n) is 13.0. The lowest BCUT2D eigenvalue weighted by Crippen LogP contribution is -2.44. The van der Waals surface area contributed by atoms with Crippen molar-refractivity contribution in [2.45, 2.75) is 45.8 Å². The number of hydrogen-bond acceptors (Lipinski definition) is 4. The van der Waals surface area contributed by atoms with Crippen LogP contribution in [0.1, 0.15) is 38.9 Å². The van der Waals surface area contributed by atoms with Crippen LogP contribution in [0.4, 0.5) is 0 Å². The lowest BCUT2D eigenvalue weighted by atomic mass is 10.2. The Hall–Kier alpha value is -0.910. The molecule has 0 spiro atoms. The van der Waals surface area contributed by atoms with Gasteiger partial charge in [0.05, 0.1) is 18.9 Å². The molecule has 2 heterocycles. The molecule has 0 amide bonds. The molecule has 0 aromatic carbocycles. The maximum atomic E-state index is 5.37. The summed E-state index contributed by atoms with van der Waals surface area (Å²) in [7, 11) is 0. The van der Waals surface area contributed by atoms with Gasteiger partial charge in [-0.15, -0.1) is 0 Å². The van der Waals surface area contributed by atoms with Crippen LogP contribution in [-0.4, -0.2) is 53.6 Å². The minimum Gasteiger partial charge on any atom is -0.379 e. The molecule has 5 heteroatoms. The molecule has 1 aliphatic rings. The van der Waals surface area contributed by atoms with Crippen molar-refractivity contribution in [3.05, 3.63) is 18.0 Å². The number of hydrogen-bond donors (Lipinski definition) is 1. The Balaban J connectivity index is 1.72. The summed E-state index contributed by atoms with van der Waals surface area (Å²) in [5.74, 6) is 0. The van der Waals surface area contributed by atoms with Crippen LogP contribution < -0.4 is 5.32 Å². The van der Waals surface area contributed by atoms with Crippen molar-refractivity contribution >= 4 is 0 Å². The maximum Gasteiger partial charge on any atom is 0.0762 e. The van der Waals surface area contributed by atoms with Gasteiger partial charge in [-0.25, -0.2) is 0 Å². The Morgan fingerprint density at radius 3 is 2.80 bits per heavy atom. The van der Waals surface area contributed by atoms with E-state index >= 15 is 0 Å². The summed E-state index contributed by atoms with van der Waals surface area (Å²) in [4.78, 5) is 2.46. The topological polar surface area (TPSA) is 42.3 Å². The molecule has 0 bridgehead atoms. The molecule has 2 unspecified atom stereocenters. The van der Waals surface area contributed by atoms with E-state index in [1.165, 1.54) is 0 Å². The van der Waals surface area contributed by atoms with E-state index in [-0.39, 0.29) is 0 Å². The van der Waals surface area contributed by atoms with E-state index in [1.807, 2.05) is 0 Å². The number of nitrogens with one attached hydrogen (secondary N) is 1. The number of nitrogens with zero attached hydrogens (tertiary/aromatic N) is 3. The van der Waals surface area contributed by atoms with Crippen molar-refractivity contribution in [2.75, 3.05) is 32.8 Å². The van der Waals surface area contributed by atoms with Gasteiger partial charge in [0.2, 0.25) is 0 Å². The standard InChI is InChI=1S/C15H28N4O/c1-4-14(3)19-6-5-15(17-19)11-16-13(2)12-18-7-9-20-10-8-18/h5-6,13-14,16H,4,7-12H2,1-3H3. The number of rotatable bonds is 7. The molecule has 1 aliphatic heterocycles. The van der Waals surface area contributed by atoms with Crippen LogP contribution in [-0.2, 0) is 11.3 Å². The fourth-order valence-corrected chi connectivity index (χ4v) is 2.42. The number of ether oxygens (including phenoxy) is 1. The molecule has 1 fully saturated rings. The molecular weight excluding hydrogens is 252 g/mol. The molecule has 0 radical (unpaired) electrons. The normalized spacial score (nSPS) is 19.9. The van der Waals surface area contributed by atoms with Crippen molar-refractivity contribution in [3.8, 4) is 0 Å². The van der Waals surface area contributed by atoms with Gasteiger partial charge >= 0.3 is 0 Å². The van der Waals surface area contributed by atoms with E-state index in [1.54, 1.807) is 0 Å². The molecule has 1 aromatic rings. The SMILES string of the molecule is CCC(C)n1ccc(CNC(C)CN2CCOCC2)n1. The summed E-state index contributed by atoms with van der Waals surface area (Å²) in [5.41, 5.74) is 1.12. The molecule has 0 saturated carbocycles. The van der Waals surface area contributed by atoms with E-state index in [0.29, 0.717) is 12.1 Å². The Morgan fingerprint density at radius 1 is 1.35 bits per heavy atom. The average Bonchev–Trinajstić information content (AvgIpc) is 2.94. The summed E-state index contributed by atoms with van der Waals surface area (Å²) in [6.07, 6.45) is 3.19. The van der Waals surface area contributed by atoms with Gasteiger partial charge in [0.1, 0.15) is 0 Å². The largest absolute Gasteiger partial charge is 0.379 e. The first-order valence-electron chi connectivity index (χ1n) is 7.76. The van der Waals surface area contributed by atoms with E-state index in [4.69, 9.17) is 4.74 Å². The van der Waals surface area contributed by atoms with Crippen LogP contribution >= 0.6 is 0 Å². The van der Waals surface area contributed by atoms with Crippen LogP contribution in [0.15, 0.2) is 12.3 Å². The lowest BCUT2D eigenvalue weighted by molar-refractivity contribution is 0.0343. The maximum absolute atomic E-state index is 5.37. The predicted molar refractivity (Wildman–Crippen MR) is 80.8 cm³/mol. The quantitative estimate of drug-likeness (QED) is 0.825. The van der Waals surface area contributed by atoms with E-state index < -0.39 is 0 Å². The molecule has 2 rings (SSSR count). The van der Waals surface area contributed by atoms with Gasteiger partial charge < -0.3 is 10.1 Å². The highest BCUT2D eigenvalue weighted by Gasteiger charge is 2.13. The second kappa shape index (κ2) is 7.76. The van der Waals surface area contributed by atoms with Crippen molar-refractivity contribution in [1.82, 2.24) is 20.0 Å².